The molecule has 1 aromatic carbocycles. The van der Waals surface area contributed by atoms with E-state index in [0.29, 0.717) is 0 Å². The summed E-state index contributed by atoms with van der Waals surface area (Å²) in [6.07, 6.45) is 3.73. The molecule has 0 atom stereocenters. The normalized spacial score (nSPS) is 9.00. The molecule has 0 aliphatic carbocycles. The minimum absolute atomic E-state index is 0.121. The van der Waals surface area contributed by atoms with E-state index in [-0.39, 0.29) is 5.78 Å². The summed E-state index contributed by atoms with van der Waals surface area (Å²) in [5, 5.41) is 0. The summed E-state index contributed by atoms with van der Waals surface area (Å²) in [5.74, 6) is 0.948. The van der Waals surface area contributed by atoms with E-state index in [9.17, 15) is 4.79 Å². The first-order valence-electron chi connectivity index (χ1n) is 5.34. The van der Waals surface area contributed by atoms with Crippen LogP contribution >= 0.6 is 11.6 Å². The van der Waals surface area contributed by atoms with Gasteiger partial charge in [-0.2, -0.15) is 0 Å². The summed E-state index contributed by atoms with van der Waals surface area (Å²) in [4.78, 5) is 10.6. The predicted octanol–water partition coefficient (Wildman–Crippen LogP) is 4.30. The van der Waals surface area contributed by atoms with E-state index >= 15 is 0 Å². The molecule has 15 heavy (non-hydrogen) atoms. The molecule has 84 valence electrons. The van der Waals surface area contributed by atoms with E-state index in [1.807, 2.05) is 30.3 Å². The zero-order valence-electron chi connectivity index (χ0n) is 9.50. The number of halogens is 1. The smallest absolute Gasteiger partial charge is 0.159 e. The minimum Gasteiger partial charge on any atom is -0.295 e. The molecule has 0 amide bonds. The number of unbranched alkanes of at least 4 members (excludes halogenated alkanes) is 2. The Hall–Kier alpha value is -0.820. The van der Waals surface area contributed by atoms with Crippen molar-refractivity contribution < 1.29 is 4.79 Å². The maximum absolute atomic E-state index is 10.6. The number of hydrogen-bond donors (Lipinski definition) is 0. The standard InChI is InChI=1S/C8H8O.C5H11Cl/c1-7(9)8-5-3-2-4-6-8;1-2-3-4-5-6/h2-6H,1H3;2-5H2,1H3. The summed E-state index contributed by atoms with van der Waals surface area (Å²) in [5.41, 5.74) is 0.775. The fraction of sp³-hybridized carbons (Fsp3) is 0.462. The fourth-order valence-corrected chi connectivity index (χ4v) is 1.21. The van der Waals surface area contributed by atoms with Gasteiger partial charge in [-0.1, -0.05) is 50.1 Å². The molecule has 0 radical (unpaired) electrons. The van der Waals surface area contributed by atoms with E-state index in [4.69, 9.17) is 11.6 Å². The number of benzene rings is 1. The second kappa shape index (κ2) is 9.72. The quantitative estimate of drug-likeness (QED) is 0.425. The predicted molar refractivity (Wildman–Crippen MR) is 66.7 cm³/mol. The first-order valence-corrected chi connectivity index (χ1v) is 5.87. The zero-order valence-corrected chi connectivity index (χ0v) is 10.3. The van der Waals surface area contributed by atoms with Crippen molar-refractivity contribution in [1.82, 2.24) is 0 Å². The van der Waals surface area contributed by atoms with Crippen LogP contribution in [-0.4, -0.2) is 11.7 Å². The van der Waals surface area contributed by atoms with Crippen LogP contribution in [0.3, 0.4) is 0 Å². The third-order valence-electron chi connectivity index (χ3n) is 1.92. The van der Waals surface area contributed by atoms with Gasteiger partial charge in [0.1, 0.15) is 0 Å². The molecule has 0 unspecified atom stereocenters. The Morgan fingerprint density at radius 1 is 1.20 bits per heavy atom. The molecular weight excluding hydrogens is 208 g/mol. The van der Waals surface area contributed by atoms with Gasteiger partial charge < -0.3 is 0 Å². The Morgan fingerprint density at radius 2 is 1.80 bits per heavy atom. The number of hydrogen-bond acceptors (Lipinski definition) is 1. The molecule has 0 aromatic heterocycles. The van der Waals surface area contributed by atoms with E-state index in [0.717, 1.165) is 11.4 Å². The first-order chi connectivity index (χ1) is 7.22. The van der Waals surface area contributed by atoms with Crippen LogP contribution in [0, 0.1) is 0 Å². The largest absolute Gasteiger partial charge is 0.295 e. The Kier molecular flexibility index (Phi) is 9.19. The van der Waals surface area contributed by atoms with Crippen molar-refractivity contribution in [2.45, 2.75) is 33.1 Å². The van der Waals surface area contributed by atoms with Crippen molar-refractivity contribution in [2.24, 2.45) is 0 Å². The lowest BCUT2D eigenvalue weighted by Gasteiger charge is -1.89. The van der Waals surface area contributed by atoms with Gasteiger partial charge in [0.2, 0.25) is 0 Å². The summed E-state index contributed by atoms with van der Waals surface area (Å²) in [6, 6.07) is 9.23. The molecule has 0 bridgehead atoms. The van der Waals surface area contributed by atoms with E-state index in [2.05, 4.69) is 6.92 Å². The van der Waals surface area contributed by atoms with Crippen LogP contribution < -0.4 is 0 Å². The summed E-state index contributed by atoms with van der Waals surface area (Å²) in [6.45, 7) is 3.74. The minimum atomic E-state index is 0.121. The summed E-state index contributed by atoms with van der Waals surface area (Å²) >= 11 is 5.38. The lowest BCUT2D eigenvalue weighted by atomic mass is 10.2. The van der Waals surface area contributed by atoms with Gasteiger partial charge in [0, 0.05) is 11.4 Å². The summed E-state index contributed by atoms with van der Waals surface area (Å²) < 4.78 is 0. The molecule has 0 aliphatic heterocycles. The van der Waals surface area contributed by atoms with Crippen LogP contribution in [0.5, 0.6) is 0 Å². The highest BCUT2D eigenvalue weighted by Crippen LogP contribution is 1.97. The van der Waals surface area contributed by atoms with Crippen LogP contribution in [-0.2, 0) is 0 Å². The lowest BCUT2D eigenvalue weighted by Crippen LogP contribution is -1.88. The van der Waals surface area contributed by atoms with Gasteiger partial charge >= 0.3 is 0 Å². The van der Waals surface area contributed by atoms with Crippen molar-refractivity contribution in [1.29, 1.82) is 0 Å². The highest BCUT2D eigenvalue weighted by Gasteiger charge is 1.92. The molecule has 2 heteroatoms. The average Bonchev–Trinajstić information content (AvgIpc) is 2.28. The number of ketones is 1. The molecule has 0 N–H and O–H groups in total. The maximum atomic E-state index is 10.6. The number of carbonyl (C=O) groups is 1. The second-order valence-electron chi connectivity index (χ2n) is 3.32. The van der Waals surface area contributed by atoms with Gasteiger partial charge in [-0.15, -0.1) is 11.6 Å². The highest BCUT2D eigenvalue weighted by atomic mass is 35.5. The Labute approximate surface area is 97.5 Å². The number of carbonyl (C=O) groups excluding carboxylic acids is 1. The van der Waals surface area contributed by atoms with Crippen LogP contribution in [0.2, 0.25) is 0 Å². The SMILES string of the molecule is CC(=O)c1ccccc1.CCCCCCl. The number of rotatable bonds is 4. The van der Waals surface area contributed by atoms with Crippen LogP contribution in [0.25, 0.3) is 0 Å². The van der Waals surface area contributed by atoms with Crippen molar-refractivity contribution in [3.8, 4) is 0 Å². The zero-order chi connectivity index (χ0) is 11.5. The molecule has 0 saturated carbocycles. The molecule has 1 nitrogen and oxygen atoms in total. The molecule has 0 fully saturated rings. The molecular formula is C13H19ClO. The number of alkyl halides is 1. The third-order valence-corrected chi connectivity index (χ3v) is 2.18. The van der Waals surface area contributed by atoms with Gasteiger partial charge in [-0.25, -0.2) is 0 Å². The van der Waals surface area contributed by atoms with Gasteiger partial charge in [0.15, 0.2) is 5.78 Å². The van der Waals surface area contributed by atoms with Crippen molar-refractivity contribution in [3.05, 3.63) is 35.9 Å². The Morgan fingerprint density at radius 3 is 2.07 bits per heavy atom. The Balaban J connectivity index is 0.000000288. The van der Waals surface area contributed by atoms with Gasteiger partial charge in [0.25, 0.3) is 0 Å². The van der Waals surface area contributed by atoms with Gasteiger partial charge in [-0.05, 0) is 13.3 Å². The third kappa shape index (κ3) is 8.19. The van der Waals surface area contributed by atoms with Crippen molar-refractivity contribution in [2.75, 3.05) is 5.88 Å². The highest BCUT2D eigenvalue weighted by molar-refractivity contribution is 6.17. The fourth-order valence-electron chi connectivity index (χ4n) is 1.02. The van der Waals surface area contributed by atoms with E-state index < -0.39 is 0 Å². The monoisotopic (exact) mass is 226 g/mol. The molecule has 0 aliphatic rings. The van der Waals surface area contributed by atoms with E-state index in [1.54, 1.807) is 6.92 Å². The first kappa shape index (κ1) is 14.2. The second-order valence-corrected chi connectivity index (χ2v) is 3.70. The maximum Gasteiger partial charge on any atom is 0.159 e. The molecule has 1 rings (SSSR count). The molecule has 0 heterocycles. The van der Waals surface area contributed by atoms with Gasteiger partial charge in [-0.3, -0.25) is 4.79 Å². The summed E-state index contributed by atoms with van der Waals surface area (Å²) in [7, 11) is 0. The Bertz CT molecular complexity index is 252. The molecule has 1 aromatic rings. The van der Waals surface area contributed by atoms with Crippen LogP contribution in [0.1, 0.15) is 43.5 Å². The van der Waals surface area contributed by atoms with Crippen LogP contribution in [0.15, 0.2) is 30.3 Å². The van der Waals surface area contributed by atoms with Crippen LogP contribution in [0.4, 0.5) is 0 Å². The average molecular weight is 227 g/mol. The topological polar surface area (TPSA) is 17.1 Å². The number of Topliss-reactive ketones (excluding diaryl/α,β-unsaturated/α-hetero) is 1. The van der Waals surface area contributed by atoms with Crippen molar-refractivity contribution in [3.63, 3.8) is 0 Å². The lowest BCUT2D eigenvalue weighted by molar-refractivity contribution is 0.101. The van der Waals surface area contributed by atoms with Crippen molar-refractivity contribution >= 4 is 17.4 Å². The van der Waals surface area contributed by atoms with E-state index in [1.165, 1.54) is 19.3 Å². The molecule has 0 spiro atoms. The molecule has 0 saturated heterocycles. The van der Waals surface area contributed by atoms with Gasteiger partial charge in [0.05, 0.1) is 0 Å².